The van der Waals surface area contributed by atoms with E-state index < -0.39 is 3.79 Å². The Hall–Kier alpha value is 0.140. The van der Waals surface area contributed by atoms with Crippen LogP contribution in [0.15, 0.2) is 23.3 Å². The lowest BCUT2D eigenvalue weighted by Gasteiger charge is -2.25. The molecule has 0 N–H and O–H groups in total. The highest BCUT2D eigenvalue weighted by Crippen LogP contribution is 2.39. The van der Waals surface area contributed by atoms with Crippen LogP contribution in [0.2, 0.25) is 10.0 Å². The molecule has 1 aliphatic rings. The van der Waals surface area contributed by atoms with Gasteiger partial charge in [0.25, 0.3) is 0 Å². The van der Waals surface area contributed by atoms with Crippen molar-refractivity contribution in [3.05, 3.63) is 33.8 Å². The van der Waals surface area contributed by atoms with Crippen LogP contribution in [0.5, 0.6) is 0 Å². The van der Waals surface area contributed by atoms with E-state index in [1.165, 1.54) is 0 Å². The summed E-state index contributed by atoms with van der Waals surface area (Å²) in [5, 5.41) is 7.13. The normalized spacial score (nSPS) is 20.2. The highest BCUT2D eigenvalue weighted by Gasteiger charge is 2.40. The predicted octanol–water partition coefficient (Wildman–Crippen LogP) is 4.77. The standard InChI is InChI=1S/C11H9Cl5N2/c1-18-10(11(14,15)16)5-9(17-18)7-3-2-6(12)4-8(7)13/h2-4,10H,5H2,1H3. The van der Waals surface area contributed by atoms with E-state index in [0.717, 1.165) is 11.3 Å². The Morgan fingerprint density at radius 1 is 1.28 bits per heavy atom. The molecule has 2 nitrogen and oxygen atoms in total. The quantitative estimate of drug-likeness (QED) is 0.669. The summed E-state index contributed by atoms with van der Waals surface area (Å²) in [5.74, 6) is 0. The lowest BCUT2D eigenvalue weighted by atomic mass is 10.0. The number of nitrogens with zero attached hydrogens (tertiary/aromatic N) is 2. The molecule has 0 amide bonds. The molecule has 1 aromatic rings. The zero-order chi connectivity index (χ0) is 13.5. The fourth-order valence-corrected chi connectivity index (χ4v) is 3.00. The van der Waals surface area contributed by atoms with Gasteiger partial charge in [-0.3, -0.25) is 5.01 Å². The van der Waals surface area contributed by atoms with E-state index in [-0.39, 0.29) is 6.04 Å². The Bertz CT molecular complexity index is 495. The van der Waals surface area contributed by atoms with Gasteiger partial charge in [-0.2, -0.15) is 5.10 Å². The van der Waals surface area contributed by atoms with Gasteiger partial charge in [0.2, 0.25) is 3.79 Å². The van der Waals surface area contributed by atoms with Gasteiger partial charge < -0.3 is 0 Å². The van der Waals surface area contributed by atoms with Crippen LogP contribution in [0.1, 0.15) is 12.0 Å². The number of rotatable bonds is 1. The molecule has 1 aromatic carbocycles. The monoisotopic (exact) mass is 344 g/mol. The van der Waals surface area contributed by atoms with Crippen LogP contribution in [0.3, 0.4) is 0 Å². The molecule has 7 heteroatoms. The van der Waals surface area contributed by atoms with Crippen LogP contribution in [-0.4, -0.2) is 27.6 Å². The smallest absolute Gasteiger partial charge is 0.212 e. The second-order valence-corrected chi connectivity index (χ2v) is 7.22. The molecule has 0 aliphatic carbocycles. The van der Waals surface area contributed by atoms with Gasteiger partial charge >= 0.3 is 0 Å². The summed E-state index contributed by atoms with van der Waals surface area (Å²) in [5.41, 5.74) is 1.60. The average molecular weight is 346 g/mol. The molecule has 0 aromatic heterocycles. The summed E-state index contributed by atoms with van der Waals surface area (Å²) < 4.78 is -1.39. The minimum atomic E-state index is -1.39. The molecule has 98 valence electrons. The van der Waals surface area contributed by atoms with Crippen molar-refractivity contribution in [2.24, 2.45) is 5.10 Å². The van der Waals surface area contributed by atoms with Gasteiger partial charge in [0, 0.05) is 24.1 Å². The van der Waals surface area contributed by atoms with Crippen molar-refractivity contribution in [2.45, 2.75) is 16.3 Å². The van der Waals surface area contributed by atoms with Crippen LogP contribution in [0.25, 0.3) is 0 Å². The van der Waals surface area contributed by atoms with Crippen molar-refractivity contribution in [1.82, 2.24) is 5.01 Å². The second kappa shape index (κ2) is 5.26. The Kier molecular flexibility index (Phi) is 4.25. The number of hydrogen-bond acceptors (Lipinski definition) is 2. The van der Waals surface area contributed by atoms with Crippen molar-refractivity contribution in [1.29, 1.82) is 0 Å². The van der Waals surface area contributed by atoms with Gasteiger partial charge in [0.15, 0.2) is 0 Å². The molecular formula is C11H9Cl5N2. The summed E-state index contributed by atoms with van der Waals surface area (Å²) in [6.45, 7) is 0. The first-order chi connectivity index (χ1) is 8.29. The molecule has 1 heterocycles. The van der Waals surface area contributed by atoms with E-state index in [0.29, 0.717) is 16.5 Å². The molecule has 0 spiro atoms. The lowest BCUT2D eigenvalue weighted by Crippen LogP contribution is -2.35. The highest BCUT2D eigenvalue weighted by molar-refractivity contribution is 6.68. The second-order valence-electron chi connectivity index (χ2n) is 4.01. The van der Waals surface area contributed by atoms with Crippen molar-refractivity contribution in [3.63, 3.8) is 0 Å². The number of halogens is 5. The third kappa shape index (κ3) is 3.00. The first-order valence-corrected chi connectivity index (χ1v) is 7.00. The fourth-order valence-electron chi connectivity index (χ4n) is 1.83. The van der Waals surface area contributed by atoms with Crippen LogP contribution in [0, 0.1) is 0 Å². The first-order valence-electron chi connectivity index (χ1n) is 5.11. The van der Waals surface area contributed by atoms with Gasteiger partial charge in [0.05, 0.1) is 16.8 Å². The summed E-state index contributed by atoms with van der Waals surface area (Å²) in [4.78, 5) is 0. The third-order valence-electron chi connectivity index (χ3n) is 2.74. The summed E-state index contributed by atoms with van der Waals surface area (Å²) in [7, 11) is 1.77. The molecular weight excluding hydrogens is 337 g/mol. The van der Waals surface area contributed by atoms with Crippen molar-refractivity contribution in [2.75, 3.05) is 7.05 Å². The average Bonchev–Trinajstić information content (AvgIpc) is 2.59. The zero-order valence-electron chi connectivity index (χ0n) is 9.30. The lowest BCUT2D eigenvalue weighted by molar-refractivity contribution is 0.287. The molecule has 1 atom stereocenters. The van der Waals surface area contributed by atoms with E-state index in [9.17, 15) is 0 Å². The molecule has 2 rings (SSSR count). The zero-order valence-corrected chi connectivity index (χ0v) is 13.1. The van der Waals surface area contributed by atoms with Gasteiger partial charge in [-0.15, -0.1) is 0 Å². The van der Waals surface area contributed by atoms with E-state index in [1.54, 1.807) is 24.2 Å². The molecule has 0 saturated heterocycles. The summed E-state index contributed by atoms with van der Waals surface area (Å²) in [6, 6.07) is 4.94. The van der Waals surface area contributed by atoms with Crippen LogP contribution in [0.4, 0.5) is 0 Å². The Morgan fingerprint density at radius 3 is 2.44 bits per heavy atom. The SMILES string of the molecule is CN1N=C(c2ccc(Cl)cc2Cl)CC1C(Cl)(Cl)Cl. The number of benzene rings is 1. The van der Waals surface area contributed by atoms with Crippen molar-refractivity contribution < 1.29 is 0 Å². The number of hydrazone groups is 1. The van der Waals surface area contributed by atoms with Gasteiger partial charge in [-0.1, -0.05) is 64.1 Å². The maximum atomic E-state index is 6.14. The topological polar surface area (TPSA) is 15.6 Å². The summed E-state index contributed by atoms with van der Waals surface area (Å²) >= 11 is 29.7. The molecule has 0 radical (unpaired) electrons. The first kappa shape index (κ1) is 14.5. The van der Waals surface area contributed by atoms with E-state index in [4.69, 9.17) is 58.0 Å². The van der Waals surface area contributed by atoms with Crippen molar-refractivity contribution >= 4 is 63.7 Å². The van der Waals surface area contributed by atoms with Crippen LogP contribution < -0.4 is 0 Å². The third-order valence-corrected chi connectivity index (χ3v) is 4.04. The maximum Gasteiger partial charge on any atom is 0.212 e. The molecule has 18 heavy (non-hydrogen) atoms. The van der Waals surface area contributed by atoms with Gasteiger partial charge in [-0.25, -0.2) is 0 Å². The molecule has 0 bridgehead atoms. The maximum absolute atomic E-state index is 6.14. The van der Waals surface area contributed by atoms with Gasteiger partial charge in [-0.05, 0) is 12.1 Å². The Morgan fingerprint density at radius 2 is 1.94 bits per heavy atom. The fraction of sp³-hybridized carbons (Fsp3) is 0.364. The van der Waals surface area contributed by atoms with E-state index in [2.05, 4.69) is 5.10 Å². The largest absolute Gasteiger partial charge is 0.292 e. The van der Waals surface area contributed by atoms with Crippen LogP contribution in [-0.2, 0) is 0 Å². The Balaban J connectivity index is 2.29. The molecule has 1 unspecified atom stereocenters. The molecule has 1 aliphatic heterocycles. The number of hydrogen-bond donors (Lipinski definition) is 0. The van der Waals surface area contributed by atoms with Gasteiger partial charge in [0.1, 0.15) is 0 Å². The van der Waals surface area contributed by atoms with Crippen molar-refractivity contribution in [3.8, 4) is 0 Å². The van der Waals surface area contributed by atoms with E-state index >= 15 is 0 Å². The highest BCUT2D eigenvalue weighted by atomic mass is 35.6. The summed E-state index contributed by atoms with van der Waals surface area (Å²) in [6.07, 6.45) is 0.522. The number of alkyl halides is 3. The Labute approximate surface area is 130 Å². The minimum absolute atomic E-state index is 0.302. The molecule has 0 fully saturated rings. The minimum Gasteiger partial charge on any atom is -0.292 e. The predicted molar refractivity (Wildman–Crippen MR) is 79.5 cm³/mol. The van der Waals surface area contributed by atoms with Crippen LogP contribution >= 0.6 is 58.0 Å². The molecule has 0 saturated carbocycles. The van der Waals surface area contributed by atoms with E-state index in [1.807, 2.05) is 6.07 Å².